The number of fused-ring (bicyclic) bond motifs is 7. The van der Waals surface area contributed by atoms with E-state index in [4.69, 9.17) is 0 Å². The quantitative estimate of drug-likeness (QED) is 0.171. The molecule has 0 N–H and O–H groups in total. The number of nitrogens with zero attached hydrogens (tertiary/aromatic N) is 1. The fourth-order valence-corrected chi connectivity index (χ4v) is 6.92. The van der Waals surface area contributed by atoms with Crippen LogP contribution in [0.4, 0.5) is 0 Å². The summed E-state index contributed by atoms with van der Waals surface area (Å²) >= 11 is 0. The van der Waals surface area contributed by atoms with Crippen LogP contribution in [0.1, 0.15) is 49.9 Å². The highest BCUT2D eigenvalue weighted by atomic mass is 15.0. The van der Waals surface area contributed by atoms with Crippen molar-refractivity contribution in [1.82, 2.24) is 4.57 Å². The minimum atomic E-state index is 0.152. The first-order chi connectivity index (χ1) is 23.4. The number of aryl methyl sites for hydroxylation is 2. The Morgan fingerprint density at radius 1 is 0.417 bits per heavy atom. The normalized spacial score (nSPS) is 12.1. The highest BCUT2D eigenvalue weighted by Gasteiger charge is 2.34. The number of hydrogen-bond acceptors (Lipinski definition) is 0. The lowest BCUT2D eigenvalue weighted by Crippen LogP contribution is -2.14. The van der Waals surface area contributed by atoms with Crippen molar-refractivity contribution >= 4 is 32.6 Å². The Balaban J connectivity index is 0.000000126. The highest BCUT2D eigenvalue weighted by molar-refractivity contribution is 6.09. The third-order valence-electron chi connectivity index (χ3n) is 9.24. The van der Waals surface area contributed by atoms with E-state index in [1.807, 2.05) is 13.8 Å². The van der Waals surface area contributed by atoms with E-state index in [1.54, 1.807) is 0 Å². The summed E-state index contributed by atoms with van der Waals surface area (Å²) in [6.45, 7) is 12.9. The van der Waals surface area contributed by atoms with Crippen LogP contribution >= 0.6 is 0 Å². The van der Waals surface area contributed by atoms with Gasteiger partial charge in [0.2, 0.25) is 0 Å². The second kappa shape index (κ2) is 14.2. The van der Waals surface area contributed by atoms with Crippen molar-refractivity contribution in [2.45, 2.75) is 47.0 Å². The standard InChI is InChI=1S/C18H13N.C16H16.C11H10.C2H6/c1-2-8-14(9-3-1)19-17-12-6-4-10-15(17)16-11-5-7-13-18(16)19;1-11-8-9-15-13(10-11)12-6-4-5-7-14(12)16(15,2)3;1-9-6-7-10-4-2-3-5-11(10)8-9;1-2/h1-13H;4-10H,1-3H3;2-8H,1H3;1-2H3. The summed E-state index contributed by atoms with van der Waals surface area (Å²) in [5, 5.41) is 5.26. The van der Waals surface area contributed by atoms with Crippen molar-refractivity contribution in [3.8, 4) is 16.8 Å². The van der Waals surface area contributed by atoms with E-state index in [-0.39, 0.29) is 5.41 Å². The summed E-state index contributed by atoms with van der Waals surface area (Å²) < 4.78 is 2.32. The molecule has 1 heteroatoms. The molecule has 0 amide bonds. The van der Waals surface area contributed by atoms with E-state index in [0.717, 1.165) is 0 Å². The molecule has 1 aliphatic carbocycles. The van der Waals surface area contributed by atoms with Crippen LogP contribution in [0.3, 0.4) is 0 Å². The Labute approximate surface area is 286 Å². The van der Waals surface area contributed by atoms with Gasteiger partial charge in [-0.1, -0.05) is 178 Å². The van der Waals surface area contributed by atoms with E-state index < -0.39 is 0 Å². The average molecular weight is 624 g/mol. The zero-order valence-corrected chi connectivity index (χ0v) is 29.0. The Hall–Kier alpha value is -5.40. The van der Waals surface area contributed by atoms with Crippen LogP contribution in [-0.2, 0) is 5.41 Å². The summed E-state index contributed by atoms with van der Waals surface area (Å²) in [7, 11) is 0. The van der Waals surface area contributed by atoms with Crippen LogP contribution in [0.25, 0.3) is 49.4 Å². The van der Waals surface area contributed by atoms with Gasteiger partial charge < -0.3 is 4.57 Å². The molecule has 0 spiro atoms. The first-order valence-electron chi connectivity index (χ1n) is 17.1. The van der Waals surface area contributed by atoms with Gasteiger partial charge in [0.15, 0.2) is 0 Å². The van der Waals surface area contributed by atoms with Crippen LogP contribution in [0.5, 0.6) is 0 Å². The first-order valence-corrected chi connectivity index (χ1v) is 17.1. The van der Waals surface area contributed by atoms with E-state index in [0.29, 0.717) is 0 Å². The molecule has 0 unspecified atom stereocenters. The zero-order chi connectivity index (χ0) is 33.7. The summed E-state index contributed by atoms with van der Waals surface area (Å²) in [5.41, 5.74) is 12.3. The maximum absolute atomic E-state index is 2.32. The lowest BCUT2D eigenvalue weighted by atomic mass is 9.82. The number of hydrogen-bond donors (Lipinski definition) is 0. The van der Waals surface area contributed by atoms with Crippen molar-refractivity contribution in [2.24, 2.45) is 0 Å². The van der Waals surface area contributed by atoms with Gasteiger partial charge in [0.05, 0.1) is 11.0 Å². The predicted octanol–water partition coefficient (Wildman–Crippen LogP) is 13.3. The molecule has 9 rings (SSSR count). The maximum Gasteiger partial charge on any atom is 0.0541 e. The number of aromatic nitrogens is 1. The van der Waals surface area contributed by atoms with Gasteiger partial charge in [0.1, 0.15) is 0 Å². The Bertz CT molecular complexity index is 2250. The van der Waals surface area contributed by atoms with Crippen LogP contribution < -0.4 is 0 Å². The van der Waals surface area contributed by atoms with Gasteiger partial charge in [-0.15, -0.1) is 0 Å². The van der Waals surface area contributed by atoms with Crippen molar-refractivity contribution in [3.05, 3.63) is 186 Å². The van der Waals surface area contributed by atoms with Crippen LogP contribution in [-0.4, -0.2) is 4.57 Å². The molecular formula is C47H45N. The molecule has 1 heterocycles. The molecule has 0 saturated heterocycles. The largest absolute Gasteiger partial charge is 0.309 e. The number of para-hydroxylation sites is 3. The van der Waals surface area contributed by atoms with Crippen molar-refractivity contribution < 1.29 is 0 Å². The third-order valence-corrected chi connectivity index (χ3v) is 9.24. The van der Waals surface area contributed by atoms with Gasteiger partial charge in [-0.2, -0.15) is 0 Å². The minimum Gasteiger partial charge on any atom is -0.309 e. The molecule has 0 saturated carbocycles. The SMILES string of the molecule is CC.Cc1ccc2c(c1)-c1ccccc1C2(C)C.Cc1ccc2ccccc2c1.c1ccc(-n2c3ccccc3c3ccccc32)cc1. The van der Waals surface area contributed by atoms with Gasteiger partial charge >= 0.3 is 0 Å². The van der Waals surface area contributed by atoms with Gasteiger partial charge in [-0.3, -0.25) is 0 Å². The number of rotatable bonds is 1. The molecule has 48 heavy (non-hydrogen) atoms. The molecule has 0 fully saturated rings. The molecule has 1 aliphatic rings. The van der Waals surface area contributed by atoms with Gasteiger partial charge in [0, 0.05) is 21.9 Å². The molecular weight excluding hydrogens is 579 g/mol. The molecule has 0 bridgehead atoms. The second-order valence-electron chi connectivity index (χ2n) is 12.8. The predicted molar refractivity (Wildman–Crippen MR) is 210 cm³/mol. The Morgan fingerprint density at radius 2 is 0.917 bits per heavy atom. The maximum atomic E-state index is 2.32. The monoisotopic (exact) mass is 623 g/mol. The molecule has 1 aromatic heterocycles. The number of benzene rings is 7. The van der Waals surface area contributed by atoms with E-state index in [1.165, 1.54) is 71.6 Å². The van der Waals surface area contributed by atoms with Crippen LogP contribution in [0.15, 0.2) is 164 Å². The average Bonchev–Trinajstić information content (AvgIpc) is 3.58. The Morgan fingerprint density at radius 3 is 1.60 bits per heavy atom. The third kappa shape index (κ3) is 6.29. The molecule has 1 nitrogen and oxygen atoms in total. The van der Waals surface area contributed by atoms with Crippen LogP contribution in [0, 0.1) is 13.8 Å². The smallest absolute Gasteiger partial charge is 0.0541 e. The summed E-state index contributed by atoms with van der Waals surface area (Å²) in [6.07, 6.45) is 0. The molecule has 0 aliphatic heterocycles. The van der Waals surface area contributed by atoms with E-state index in [2.05, 4.69) is 196 Å². The van der Waals surface area contributed by atoms with E-state index >= 15 is 0 Å². The fraction of sp³-hybridized carbons (Fsp3) is 0.149. The summed E-state index contributed by atoms with van der Waals surface area (Å²) in [6, 6.07) is 58.2. The van der Waals surface area contributed by atoms with Crippen molar-refractivity contribution in [2.75, 3.05) is 0 Å². The Kier molecular flexibility index (Phi) is 9.60. The molecule has 238 valence electrons. The lowest BCUT2D eigenvalue weighted by molar-refractivity contribution is 0.660. The topological polar surface area (TPSA) is 4.93 Å². The summed E-state index contributed by atoms with van der Waals surface area (Å²) in [4.78, 5) is 0. The highest BCUT2D eigenvalue weighted by Crippen LogP contribution is 2.48. The van der Waals surface area contributed by atoms with Gasteiger partial charge in [-0.05, 0) is 71.1 Å². The van der Waals surface area contributed by atoms with Gasteiger partial charge in [0.25, 0.3) is 0 Å². The van der Waals surface area contributed by atoms with Gasteiger partial charge in [-0.25, -0.2) is 0 Å². The fourth-order valence-electron chi connectivity index (χ4n) is 6.92. The lowest BCUT2D eigenvalue weighted by Gasteiger charge is -2.21. The summed E-state index contributed by atoms with van der Waals surface area (Å²) in [5.74, 6) is 0. The molecule has 0 radical (unpaired) electrons. The molecule has 0 atom stereocenters. The van der Waals surface area contributed by atoms with Crippen molar-refractivity contribution in [1.29, 1.82) is 0 Å². The van der Waals surface area contributed by atoms with E-state index in [9.17, 15) is 0 Å². The minimum absolute atomic E-state index is 0.152. The zero-order valence-electron chi connectivity index (χ0n) is 29.0. The first kappa shape index (κ1) is 32.5. The molecule has 8 aromatic rings. The second-order valence-corrected chi connectivity index (χ2v) is 12.8. The molecule has 7 aromatic carbocycles. The van der Waals surface area contributed by atoms with Crippen LogP contribution in [0.2, 0.25) is 0 Å². The van der Waals surface area contributed by atoms with Crippen molar-refractivity contribution in [3.63, 3.8) is 0 Å².